The minimum absolute atomic E-state index is 0.0551. The Bertz CT molecular complexity index is 645. The molecule has 3 atom stereocenters. The number of amides is 1. The standard InChI is InChI=1S/C18H28BN3O5/c1-21-15(10-13-6-3-2-4-7-13)16(23)22-11-14(8-5-9-19(26)27)18(20,12-22)17(24)25/h2-4,6-7,14-15,21,26-27H,5,8-12,20H2,1H3,(H,24,25). The van der Waals surface area contributed by atoms with E-state index in [1.807, 2.05) is 30.3 Å². The van der Waals surface area contributed by atoms with Crippen molar-refractivity contribution in [2.45, 2.75) is 37.2 Å². The van der Waals surface area contributed by atoms with Gasteiger partial charge in [-0.25, -0.2) is 0 Å². The van der Waals surface area contributed by atoms with E-state index in [1.54, 1.807) is 7.05 Å². The molecule has 0 aromatic heterocycles. The van der Waals surface area contributed by atoms with Crippen LogP contribution in [0.25, 0.3) is 0 Å². The lowest BCUT2D eigenvalue weighted by atomic mass is 9.78. The van der Waals surface area contributed by atoms with Crippen molar-refractivity contribution in [1.29, 1.82) is 0 Å². The number of nitrogens with zero attached hydrogens (tertiary/aromatic N) is 1. The summed E-state index contributed by atoms with van der Waals surface area (Å²) < 4.78 is 0. The molecule has 1 aromatic rings. The second-order valence-electron chi connectivity index (χ2n) is 7.20. The third kappa shape index (κ3) is 5.29. The second-order valence-corrected chi connectivity index (χ2v) is 7.20. The molecule has 0 spiro atoms. The molecule has 0 saturated carbocycles. The Morgan fingerprint density at radius 2 is 2.04 bits per heavy atom. The van der Waals surface area contributed by atoms with Gasteiger partial charge in [0, 0.05) is 19.0 Å². The minimum atomic E-state index is -1.53. The summed E-state index contributed by atoms with van der Waals surface area (Å²) in [5, 5.41) is 30.6. The van der Waals surface area contributed by atoms with Crippen LogP contribution >= 0.6 is 0 Å². The third-order valence-electron chi connectivity index (χ3n) is 5.28. The maximum Gasteiger partial charge on any atom is 0.451 e. The molecule has 0 radical (unpaired) electrons. The van der Waals surface area contributed by atoms with Crippen molar-refractivity contribution in [3.8, 4) is 0 Å². The SMILES string of the molecule is CNC(Cc1ccccc1)C(=O)N1CC(CCCB(O)O)C(N)(C(=O)O)C1. The lowest BCUT2D eigenvalue weighted by Gasteiger charge is -2.26. The molecule has 1 fully saturated rings. The number of likely N-dealkylation sites (tertiary alicyclic amines) is 1. The van der Waals surface area contributed by atoms with E-state index in [2.05, 4.69) is 5.32 Å². The summed E-state index contributed by atoms with van der Waals surface area (Å²) in [6.45, 7) is 0.191. The number of rotatable bonds is 9. The first kappa shape index (κ1) is 21.4. The molecule has 1 saturated heterocycles. The summed E-state index contributed by atoms with van der Waals surface area (Å²) in [4.78, 5) is 26.2. The van der Waals surface area contributed by atoms with Gasteiger partial charge in [-0.05, 0) is 31.8 Å². The van der Waals surface area contributed by atoms with Gasteiger partial charge in [0.1, 0.15) is 5.54 Å². The summed E-state index contributed by atoms with van der Waals surface area (Å²) in [6.07, 6.45) is 1.48. The van der Waals surface area contributed by atoms with Gasteiger partial charge >= 0.3 is 13.1 Å². The molecule has 1 amide bonds. The first-order chi connectivity index (χ1) is 12.8. The highest BCUT2D eigenvalue weighted by molar-refractivity contribution is 6.40. The quantitative estimate of drug-likeness (QED) is 0.360. The van der Waals surface area contributed by atoms with Gasteiger partial charge in [0.25, 0.3) is 0 Å². The van der Waals surface area contributed by atoms with Crippen molar-refractivity contribution in [2.24, 2.45) is 11.7 Å². The zero-order valence-electron chi connectivity index (χ0n) is 15.5. The molecule has 6 N–H and O–H groups in total. The van der Waals surface area contributed by atoms with Crippen LogP contribution in [0.4, 0.5) is 0 Å². The van der Waals surface area contributed by atoms with Gasteiger partial charge < -0.3 is 31.1 Å². The monoisotopic (exact) mass is 377 g/mol. The molecule has 1 aromatic carbocycles. The van der Waals surface area contributed by atoms with E-state index in [9.17, 15) is 14.7 Å². The number of carboxylic acids is 1. The molecule has 8 nitrogen and oxygen atoms in total. The van der Waals surface area contributed by atoms with E-state index in [0.29, 0.717) is 19.3 Å². The summed E-state index contributed by atoms with van der Waals surface area (Å²) >= 11 is 0. The molecule has 0 aliphatic carbocycles. The molecule has 0 bridgehead atoms. The van der Waals surface area contributed by atoms with Crippen molar-refractivity contribution >= 4 is 19.0 Å². The fourth-order valence-electron chi connectivity index (χ4n) is 3.63. The van der Waals surface area contributed by atoms with E-state index in [4.69, 9.17) is 15.8 Å². The number of hydrogen-bond donors (Lipinski definition) is 5. The van der Waals surface area contributed by atoms with Crippen molar-refractivity contribution < 1.29 is 24.7 Å². The number of carbonyl (C=O) groups is 2. The highest BCUT2D eigenvalue weighted by Crippen LogP contribution is 2.31. The summed E-state index contributed by atoms with van der Waals surface area (Å²) in [6, 6.07) is 9.13. The zero-order chi connectivity index (χ0) is 20.0. The molecular weight excluding hydrogens is 349 g/mol. The average Bonchev–Trinajstić information content (AvgIpc) is 2.98. The number of likely N-dealkylation sites (N-methyl/N-ethyl adjacent to an activating group) is 1. The highest BCUT2D eigenvalue weighted by Gasteiger charge is 2.51. The smallest absolute Gasteiger partial charge is 0.451 e. The molecule has 2 rings (SSSR count). The highest BCUT2D eigenvalue weighted by atomic mass is 16.4. The molecule has 1 heterocycles. The minimum Gasteiger partial charge on any atom is -0.480 e. The normalized spacial score (nSPS) is 23.3. The first-order valence-corrected chi connectivity index (χ1v) is 9.16. The van der Waals surface area contributed by atoms with E-state index >= 15 is 0 Å². The van der Waals surface area contributed by atoms with Gasteiger partial charge in [-0.1, -0.05) is 36.8 Å². The molecule has 1 aliphatic heterocycles. The van der Waals surface area contributed by atoms with Crippen molar-refractivity contribution in [1.82, 2.24) is 10.2 Å². The van der Waals surface area contributed by atoms with E-state index < -0.39 is 30.6 Å². The summed E-state index contributed by atoms with van der Waals surface area (Å²) in [5.74, 6) is -1.76. The van der Waals surface area contributed by atoms with Crippen LogP contribution in [0.2, 0.25) is 6.32 Å². The third-order valence-corrected chi connectivity index (χ3v) is 5.28. The molecule has 148 valence electrons. The number of aliphatic carboxylic acids is 1. The van der Waals surface area contributed by atoms with Gasteiger partial charge in [-0.2, -0.15) is 0 Å². The Morgan fingerprint density at radius 3 is 2.59 bits per heavy atom. The topological polar surface area (TPSA) is 136 Å². The van der Waals surface area contributed by atoms with Crippen LogP contribution in [0.15, 0.2) is 30.3 Å². The van der Waals surface area contributed by atoms with E-state index in [1.165, 1.54) is 4.90 Å². The van der Waals surface area contributed by atoms with Crippen LogP contribution in [-0.2, 0) is 16.0 Å². The Hall–Kier alpha value is -1.94. The lowest BCUT2D eigenvalue weighted by molar-refractivity contribution is -0.144. The van der Waals surface area contributed by atoms with Gasteiger partial charge in [0.05, 0.1) is 6.04 Å². The van der Waals surface area contributed by atoms with E-state index in [-0.39, 0.29) is 25.3 Å². The lowest BCUT2D eigenvalue weighted by Crippen LogP contribution is -2.55. The number of nitrogens with one attached hydrogen (secondary N) is 1. The average molecular weight is 377 g/mol. The van der Waals surface area contributed by atoms with Gasteiger partial charge in [-0.15, -0.1) is 0 Å². The van der Waals surface area contributed by atoms with Crippen LogP contribution in [0.1, 0.15) is 18.4 Å². The number of hydrogen-bond acceptors (Lipinski definition) is 6. The fraction of sp³-hybridized carbons (Fsp3) is 0.556. The van der Waals surface area contributed by atoms with Crippen molar-refractivity contribution in [2.75, 3.05) is 20.1 Å². The summed E-state index contributed by atoms with van der Waals surface area (Å²) in [5.41, 5.74) is 5.63. The molecular formula is C18H28BN3O5. The van der Waals surface area contributed by atoms with Gasteiger partial charge in [-0.3, -0.25) is 9.59 Å². The molecule has 9 heteroatoms. The Morgan fingerprint density at radius 1 is 1.37 bits per heavy atom. The number of carbonyl (C=O) groups excluding carboxylic acids is 1. The van der Waals surface area contributed by atoms with Crippen LogP contribution in [0.3, 0.4) is 0 Å². The second kappa shape index (κ2) is 9.32. The maximum absolute atomic E-state index is 13.0. The van der Waals surface area contributed by atoms with Crippen molar-refractivity contribution in [3.05, 3.63) is 35.9 Å². The number of carboxylic acid groups (broad SMARTS) is 1. The van der Waals surface area contributed by atoms with Crippen LogP contribution in [0, 0.1) is 5.92 Å². The van der Waals surface area contributed by atoms with Gasteiger partial charge in [0.15, 0.2) is 0 Å². The van der Waals surface area contributed by atoms with Crippen LogP contribution < -0.4 is 11.1 Å². The van der Waals surface area contributed by atoms with Crippen molar-refractivity contribution in [3.63, 3.8) is 0 Å². The molecule has 3 unspecified atom stereocenters. The molecule has 1 aliphatic rings. The Balaban J connectivity index is 2.07. The van der Waals surface area contributed by atoms with Gasteiger partial charge in [0.2, 0.25) is 5.91 Å². The van der Waals surface area contributed by atoms with Crippen LogP contribution in [0.5, 0.6) is 0 Å². The predicted molar refractivity (Wildman–Crippen MR) is 102 cm³/mol. The fourth-order valence-corrected chi connectivity index (χ4v) is 3.63. The van der Waals surface area contributed by atoms with E-state index in [0.717, 1.165) is 5.56 Å². The predicted octanol–water partition coefficient (Wildman–Crippen LogP) is -0.689. The zero-order valence-corrected chi connectivity index (χ0v) is 15.5. The maximum atomic E-state index is 13.0. The Kier molecular flexibility index (Phi) is 7.37. The number of nitrogens with two attached hydrogens (primary N) is 1. The largest absolute Gasteiger partial charge is 0.480 e. The Labute approximate surface area is 159 Å². The molecule has 27 heavy (non-hydrogen) atoms. The van der Waals surface area contributed by atoms with Crippen LogP contribution in [-0.4, -0.2) is 70.8 Å². The number of benzene rings is 1. The summed E-state index contributed by atoms with van der Waals surface area (Å²) in [7, 11) is 0.273. The first-order valence-electron chi connectivity index (χ1n) is 9.16.